The Morgan fingerprint density at radius 2 is 1.65 bits per heavy atom. The molecule has 0 saturated carbocycles. The van der Waals surface area contributed by atoms with Gasteiger partial charge in [-0.15, -0.1) is 0 Å². The molecule has 2 heteroatoms. The number of hydrogen-bond donors (Lipinski definition) is 0. The Morgan fingerprint density at radius 3 is 2.30 bits per heavy atom. The van der Waals surface area contributed by atoms with Crippen LogP contribution in [0.25, 0.3) is 11.3 Å². The molecule has 104 valence electrons. The molecule has 0 unspecified atom stereocenters. The molecule has 0 fully saturated rings. The number of fused-ring (bicyclic) bond motifs is 1. The van der Waals surface area contributed by atoms with Crippen molar-refractivity contribution in [3.63, 3.8) is 0 Å². The van der Waals surface area contributed by atoms with Crippen LogP contribution in [0.5, 0.6) is 0 Å². The molecular formula is C18H23NSi. The lowest BCUT2D eigenvalue weighted by molar-refractivity contribution is 0.686. The highest BCUT2D eigenvalue weighted by molar-refractivity contribution is 6.88. The molecule has 3 rings (SSSR count). The maximum atomic E-state index is 4.70. The van der Waals surface area contributed by atoms with E-state index in [-0.39, 0.29) is 0 Å². The van der Waals surface area contributed by atoms with Crippen LogP contribution in [0.3, 0.4) is 0 Å². The van der Waals surface area contributed by atoms with Crippen molar-refractivity contribution in [1.82, 2.24) is 4.98 Å². The molecule has 1 heterocycles. The summed E-state index contributed by atoms with van der Waals surface area (Å²) in [7, 11) is -1.24. The third-order valence-electron chi connectivity index (χ3n) is 4.27. The minimum Gasteiger partial charge on any atom is -0.256 e. The van der Waals surface area contributed by atoms with E-state index < -0.39 is 8.07 Å². The Bertz CT molecular complexity index is 608. The minimum atomic E-state index is -1.24. The van der Waals surface area contributed by atoms with Crippen molar-refractivity contribution in [2.24, 2.45) is 0 Å². The highest BCUT2D eigenvalue weighted by Crippen LogP contribution is 2.26. The number of rotatable bonds is 2. The van der Waals surface area contributed by atoms with Gasteiger partial charge in [0.1, 0.15) is 0 Å². The van der Waals surface area contributed by atoms with E-state index in [9.17, 15) is 0 Å². The molecule has 0 atom stereocenters. The van der Waals surface area contributed by atoms with Gasteiger partial charge in [0.25, 0.3) is 0 Å². The molecule has 1 aromatic carbocycles. The topological polar surface area (TPSA) is 12.9 Å². The fourth-order valence-corrected chi connectivity index (χ4v) is 3.94. The summed E-state index contributed by atoms with van der Waals surface area (Å²) in [6.45, 7) is 7.09. The van der Waals surface area contributed by atoms with Crippen LogP contribution >= 0.6 is 0 Å². The molecule has 0 radical (unpaired) electrons. The third kappa shape index (κ3) is 2.71. The summed E-state index contributed by atoms with van der Waals surface area (Å²) in [5, 5.41) is 1.43. The quantitative estimate of drug-likeness (QED) is 0.753. The van der Waals surface area contributed by atoms with Gasteiger partial charge in [0, 0.05) is 11.8 Å². The van der Waals surface area contributed by atoms with Crippen LogP contribution < -0.4 is 5.19 Å². The van der Waals surface area contributed by atoms with Crippen LogP contribution in [0.1, 0.15) is 24.0 Å². The van der Waals surface area contributed by atoms with Crippen LogP contribution in [0, 0.1) is 0 Å². The maximum Gasteiger partial charge on any atom is 0.0796 e. The van der Waals surface area contributed by atoms with Crippen molar-refractivity contribution in [2.75, 3.05) is 0 Å². The Balaban J connectivity index is 1.93. The summed E-state index contributed by atoms with van der Waals surface area (Å²) < 4.78 is 0. The lowest BCUT2D eigenvalue weighted by atomic mass is 9.90. The Labute approximate surface area is 123 Å². The molecule has 0 bridgehead atoms. The molecule has 1 aliphatic rings. The first-order valence-electron chi connectivity index (χ1n) is 7.63. The standard InChI is InChI=1S/C18H23NSi/c1-20(2,3)17-10-11-18(19-13-17)16-9-8-14-6-4-5-7-15(14)12-16/h8-13H,4-7H2,1-3H3. The predicted molar refractivity (Wildman–Crippen MR) is 89.3 cm³/mol. The lowest BCUT2D eigenvalue weighted by Crippen LogP contribution is -2.37. The zero-order chi connectivity index (χ0) is 14.2. The number of pyridine rings is 1. The van der Waals surface area contributed by atoms with E-state index in [4.69, 9.17) is 4.98 Å². The van der Waals surface area contributed by atoms with Crippen molar-refractivity contribution >= 4 is 13.3 Å². The van der Waals surface area contributed by atoms with E-state index >= 15 is 0 Å². The fraction of sp³-hybridized carbons (Fsp3) is 0.389. The van der Waals surface area contributed by atoms with Gasteiger partial charge >= 0.3 is 0 Å². The van der Waals surface area contributed by atoms with E-state index in [1.807, 2.05) is 0 Å². The highest BCUT2D eigenvalue weighted by Gasteiger charge is 2.17. The van der Waals surface area contributed by atoms with Crippen LogP contribution in [-0.2, 0) is 12.8 Å². The first kappa shape index (κ1) is 13.6. The third-order valence-corrected chi connectivity index (χ3v) is 6.30. The smallest absolute Gasteiger partial charge is 0.0796 e. The molecule has 0 aliphatic heterocycles. The van der Waals surface area contributed by atoms with E-state index in [2.05, 4.69) is 56.2 Å². The molecule has 0 spiro atoms. The van der Waals surface area contributed by atoms with Crippen LogP contribution in [0.15, 0.2) is 36.5 Å². The van der Waals surface area contributed by atoms with Crippen molar-refractivity contribution < 1.29 is 0 Å². The molecule has 1 aliphatic carbocycles. The highest BCUT2D eigenvalue weighted by atomic mass is 28.3. The second kappa shape index (κ2) is 5.17. The van der Waals surface area contributed by atoms with E-state index in [0.29, 0.717) is 0 Å². The summed E-state index contributed by atoms with van der Waals surface area (Å²) in [5.41, 5.74) is 5.46. The Morgan fingerprint density at radius 1 is 0.900 bits per heavy atom. The minimum absolute atomic E-state index is 1.11. The van der Waals surface area contributed by atoms with Gasteiger partial charge in [-0.1, -0.05) is 37.8 Å². The van der Waals surface area contributed by atoms with Gasteiger partial charge < -0.3 is 0 Å². The van der Waals surface area contributed by atoms with Gasteiger partial charge in [0.05, 0.1) is 13.8 Å². The normalized spacial score (nSPS) is 14.9. The van der Waals surface area contributed by atoms with Gasteiger partial charge in [-0.05, 0) is 54.1 Å². The summed E-state index contributed by atoms with van der Waals surface area (Å²) in [6.07, 6.45) is 7.24. The van der Waals surface area contributed by atoms with Crippen LogP contribution in [-0.4, -0.2) is 13.1 Å². The van der Waals surface area contributed by atoms with Gasteiger partial charge in [-0.3, -0.25) is 4.98 Å². The molecule has 1 nitrogen and oxygen atoms in total. The van der Waals surface area contributed by atoms with Gasteiger partial charge in [-0.25, -0.2) is 0 Å². The summed E-state index contributed by atoms with van der Waals surface area (Å²) >= 11 is 0. The van der Waals surface area contributed by atoms with Gasteiger partial charge in [-0.2, -0.15) is 0 Å². The molecule has 1 aromatic heterocycles. The first-order valence-corrected chi connectivity index (χ1v) is 11.1. The fourth-order valence-electron chi connectivity index (χ4n) is 2.90. The van der Waals surface area contributed by atoms with Crippen molar-refractivity contribution in [1.29, 1.82) is 0 Å². The van der Waals surface area contributed by atoms with Crippen LogP contribution in [0.2, 0.25) is 19.6 Å². The van der Waals surface area contributed by atoms with Gasteiger partial charge in [0.15, 0.2) is 0 Å². The van der Waals surface area contributed by atoms with E-state index in [1.165, 1.54) is 42.0 Å². The number of aryl methyl sites for hydroxylation is 2. The molecular weight excluding hydrogens is 258 g/mol. The molecule has 0 N–H and O–H groups in total. The maximum absolute atomic E-state index is 4.70. The van der Waals surface area contributed by atoms with Crippen molar-refractivity contribution in [2.45, 2.75) is 45.3 Å². The monoisotopic (exact) mass is 281 g/mol. The second-order valence-corrected chi connectivity index (χ2v) is 12.0. The summed E-state index contributed by atoms with van der Waals surface area (Å²) in [5.74, 6) is 0. The van der Waals surface area contributed by atoms with Crippen LogP contribution in [0.4, 0.5) is 0 Å². The molecule has 20 heavy (non-hydrogen) atoms. The lowest BCUT2D eigenvalue weighted by Gasteiger charge is -2.18. The SMILES string of the molecule is C[Si](C)(C)c1ccc(-c2ccc3c(c2)CCCC3)nc1. The molecule has 0 saturated heterocycles. The van der Waals surface area contributed by atoms with E-state index in [1.54, 1.807) is 5.56 Å². The molecule has 2 aromatic rings. The Hall–Kier alpha value is -1.41. The first-order chi connectivity index (χ1) is 9.54. The van der Waals surface area contributed by atoms with E-state index in [0.717, 1.165) is 5.69 Å². The van der Waals surface area contributed by atoms with Crippen molar-refractivity contribution in [3.8, 4) is 11.3 Å². The Kier molecular flexibility index (Phi) is 3.51. The van der Waals surface area contributed by atoms with Crippen molar-refractivity contribution in [3.05, 3.63) is 47.7 Å². The average molecular weight is 281 g/mol. The number of aromatic nitrogens is 1. The van der Waals surface area contributed by atoms with Gasteiger partial charge in [0.2, 0.25) is 0 Å². The zero-order valence-corrected chi connectivity index (χ0v) is 13.7. The largest absolute Gasteiger partial charge is 0.256 e. The average Bonchev–Trinajstić information content (AvgIpc) is 2.46. The summed E-state index contributed by atoms with van der Waals surface area (Å²) in [6, 6.07) is 11.4. The number of benzene rings is 1. The number of nitrogens with zero attached hydrogens (tertiary/aromatic N) is 1. The number of hydrogen-bond acceptors (Lipinski definition) is 1. The second-order valence-electron chi connectivity index (χ2n) is 6.87. The predicted octanol–water partition coefficient (Wildman–Crippen LogP) is 4.17. The molecule has 0 amide bonds. The summed E-state index contributed by atoms with van der Waals surface area (Å²) in [4.78, 5) is 4.70. The zero-order valence-electron chi connectivity index (χ0n) is 12.7.